The zero-order valence-electron chi connectivity index (χ0n) is 11.6. The van der Waals surface area contributed by atoms with E-state index < -0.39 is 0 Å². The van der Waals surface area contributed by atoms with Crippen molar-refractivity contribution in [1.29, 1.82) is 0 Å². The van der Waals surface area contributed by atoms with Crippen LogP contribution in [0.1, 0.15) is 31.2 Å². The number of hydrogen-bond donors (Lipinski definition) is 1. The largest absolute Gasteiger partial charge is 0.310 e. The van der Waals surface area contributed by atoms with Crippen molar-refractivity contribution in [3.8, 4) is 0 Å². The van der Waals surface area contributed by atoms with Gasteiger partial charge in [0, 0.05) is 32.2 Å². The summed E-state index contributed by atoms with van der Waals surface area (Å²) < 4.78 is 0. The molecule has 1 heterocycles. The van der Waals surface area contributed by atoms with E-state index >= 15 is 0 Å². The standard InChI is InChI=1S/C17H24N2/c1-2-5-16(6-3-1)14-19-11-9-15(10-12-19)13-18-17-7-4-8-17/h1-3,5-6,9,17-18H,4,7-8,10-14H2. The lowest BCUT2D eigenvalue weighted by molar-refractivity contribution is 0.281. The maximum Gasteiger partial charge on any atom is 0.0237 e. The van der Waals surface area contributed by atoms with Crippen LogP contribution in [0.15, 0.2) is 42.0 Å². The van der Waals surface area contributed by atoms with Gasteiger partial charge in [-0.15, -0.1) is 0 Å². The molecule has 0 amide bonds. The Labute approximate surface area is 116 Å². The van der Waals surface area contributed by atoms with Crippen LogP contribution in [0.5, 0.6) is 0 Å². The van der Waals surface area contributed by atoms with Gasteiger partial charge >= 0.3 is 0 Å². The minimum atomic E-state index is 0.809. The van der Waals surface area contributed by atoms with E-state index in [-0.39, 0.29) is 0 Å². The average molecular weight is 256 g/mol. The van der Waals surface area contributed by atoms with Crippen molar-refractivity contribution < 1.29 is 0 Å². The number of nitrogens with one attached hydrogen (secondary N) is 1. The molecular weight excluding hydrogens is 232 g/mol. The van der Waals surface area contributed by atoms with Gasteiger partial charge in [0.25, 0.3) is 0 Å². The fourth-order valence-corrected chi connectivity index (χ4v) is 2.79. The third-order valence-corrected chi connectivity index (χ3v) is 4.36. The van der Waals surface area contributed by atoms with Crippen molar-refractivity contribution >= 4 is 0 Å². The van der Waals surface area contributed by atoms with Gasteiger partial charge in [-0.3, -0.25) is 4.90 Å². The van der Waals surface area contributed by atoms with Gasteiger partial charge in [-0.05, 0) is 24.8 Å². The second-order valence-corrected chi connectivity index (χ2v) is 5.84. The molecule has 0 unspecified atom stereocenters. The molecular formula is C17H24N2. The summed E-state index contributed by atoms with van der Waals surface area (Å²) in [6, 6.07) is 11.6. The van der Waals surface area contributed by atoms with Crippen LogP contribution in [0.2, 0.25) is 0 Å². The van der Waals surface area contributed by atoms with Crippen LogP contribution in [-0.4, -0.2) is 30.6 Å². The molecule has 1 N–H and O–H groups in total. The van der Waals surface area contributed by atoms with Crippen LogP contribution < -0.4 is 5.32 Å². The Balaban J connectivity index is 1.43. The van der Waals surface area contributed by atoms with Crippen LogP contribution in [-0.2, 0) is 6.54 Å². The number of rotatable bonds is 5. The second-order valence-electron chi connectivity index (χ2n) is 5.84. The first-order valence-electron chi connectivity index (χ1n) is 7.58. The molecule has 102 valence electrons. The van der Waals surface area contributed by atoms with E-state index in [9.17, 15) is 0 Å². The Morgan fingerprint density at radius 1 is 1.16 bits per heavy atom. The Hall–Kier alpha value is -1.12. The van der Waals surface area contributed by atoms with Gasteiger partial charge in [-0.2, -0.15) is 0 Å². The van der Waals surface area contributed by atoms with Gasteiger partial charge in [0.15, 0.2) is 0 Å². The maximum atomic E-state index is 3.67. The first-order valence-corrected chi connectivity index (χ1v) is 7.58. The van der Waals surface area contributed by atoms with Gasteiger partial charge in [-0.25, -0.2) is 0 Å². The molecule has 0 saturated heterocycles. The molecule has 1 fully saturated rings. The van der Waals surface area contributed by atoms with Crippen molar-refractivity contribution in [2.75, 3.05) is 19.6 Å². The Morgan fingerprint density at radius 2 is 2.00 bits per heavy atom. The minimum Gasteiger partial charge on any atom is -0.310 e. The quantitative estimate of drug-likeness (QED) is 0.815. The molecule has 0 atom stereocenters. The number of benzene rings is 1. The van der Waals surface area contributed by atoms with E-state index in [2.05, 4.69) is 46.6 Å². The van der Waals surface area contributed by atoms with Crippen LogP contribution >= 0.6 is 0 Å². The molecule has 2 aliphatic rings. The second kappa shape index (κ2) is 6.36. The molecule has 3 rings (SSSR count). The number of hydrogen-bond acceptors (Lipinski definition) is 2. The van der Waals surface area contributed by atoms with E-state index in [0.29, 0.717) is 0 Å². The summed E-state index contributed by atoms with van der Waals surface area (Å²) in [4.78, 5) is 2.53. The molecule has 1 aromatic rings. The first kappa shape index (κ1) is 12.9. The molecule has 1 aliphatic carbocycles. The van der Waals surface area contributed by atoms with Crippen molar-refractivity contribution in [2.45, 2.75) is 38.3 Å². The summed E-state index contributed by atoms with van der Waals surface area (Å²) in [6.45, 7) is 4.51. The first-order chi connectivity index (χ1) is 9.40. The van der Waals surface area contributed by atoms with E-state index in [1.807, 2.05) is 0 Å². The average Bonchev–Trinajstić information content (AvgIpc) is 2.40. The molecule has 1 aromatic carbocycles. The van der Waals surface area contributed by atoms with Gasteiger partial charge in [0.1, 0.15) is 0 Å². The summed E-state index contributed by atoms with van der Waals surface area (Å²) in [7, 11) is 0. The fraction of sp³-hybridized carbons (Fsp3) is 0.529. The van der Waals surface area contributed by atoms with Crippen molar-refractivity contribution in [3.05, 3.63) is 47.5 Å². The molecule has 19 heavy (non-hydrogen) atoms. The summed E-state index contributed by atoms with van der Waals surface area (Å²) in [5.74, 6) is 0. The fourth-order valence-electron chi connectivity index (χ4n) is 2.79. The Kier molecular flexibility index (Phi) is 4.31. The predicted molar refractivity (Wildman–Crippen MR) is 80.1 cm³/mol. The lowest BCUT2D eigenvalue weighted by Crippen LogP contribution is -2.38. The molecule has 0 radical (unpaired) electrons. The normalized spacial score (nSPS) is 20.9. The minimum absolute atomic E-state index is 0.809. The van der Waals surface area contributed by atoms with Crippen molar-refractivity contribution in [3.63, 3.8) is 0 Å². The number of nitrogens with zero attached hydrogens (tertiary/aromatic N) is 1. The van der Waals surface area contributed by atoms with Crippen LogP contribution in [0.3, 0.4) is 0 Å². The van der Waals surface area contributed by atoms with Gasteiger partial charge in [0.2, 0.25) is 0 Å². The summed E-state index contributed by atoms with van der Waals surface area (Å²) in [5, 5.41) is 3.67. The van der Waals surface area contributed by atoms with Crippen LogP contribution in [0, 0.1) is 0 Å². The lowest BCUT2D eigenvalue weighted by atomic mass is 9.93. The molecule has 0 spiro atoms. The highest BCUT2D eigenvalue weighted by Crippen LogP contribution is 2.19. The highest BCUT2D eigenvalue weighted by Gasteiger charge is 2.17. The zero-order valence-corrected chi connectivity index (χ0v) is 11.6. The SMILES string of the molecule is C1=C(CNC2CCC2)CCN(Cc2ccccc2)C1. The molecule has 0 aromatic heterocycles. The molecule has 2 nitrogen and oxygen atoms in total. The molecule has 0 bridgehead atoms. The Morgan fingerprint density at radius 3 is 2.63 bits per heavy atom. The van der Waals surface area contributed by atoms with Crippen molar-refractivity contribution in [2.24, 2.45) is 0 Å². The van der Waals surface area contributed by atoms with Gasteiger partial charge < -0.3 is 5.32 Å². The van der Waals surface area contributed by atoms with E-state index in [1.54, 1.807) is 5.57 Å². The molecule has 2 heteroatoms. The summed E-state index contributed by atoms with van der Waals surface area (Å²) in [6.07, 6.45) is 7.84. The zero-order chi connectivity index (χ0) is 12.9. The van der Waals surface area contributed by atoms with Crippen molar-refractivity contribution in [1.82, 2.24) is 10.2 Å². The third-order valence-electron chi connectivity index (χ3n) is 4.36. The maximum absolute atomic E-state index is 3.67. The smallest absolute Gasteiger partial charge is 0.0237 e. The lowest BCUT2D eigenvalue weighted by Gasteiger charge is -2.30. The van der Waals surface area contributed by atoms with E-state index in [0.717, 1.165) is 25.7 Å². The monoisotopic (exact) mass is 256 g/mol. The van der Waals surface area contributed by atoms with Crippen LogP contribution in [0.4, 0.5) is 0 Å². The third kappa shape index (κ3) is 3.68. The summed E-state index contributed by atoms with van der Waals surface area (Å²) >= 11 is 0. The van der Waals surface area contributed by atoms with E-state index in [1.165, 1.54) is 37.8 Å². The van der Waals surface area contributed by atoms with Gasteiger partial charge in [0.05, 0.1) is 0 Å². The summed E-state index contributed by atoms with van der Waals surface area (Å²) in [5.41, 5.74) is 3.03. The Bertz CT molecular complexity index is 420. The van der Waals surface area contributed by atoms with Gasteiger partial charge in [-0.1, -0.05) is 48.4 Å². The highest BCUT2D eigenvalue weighted by molar-refractivity contribution is 5.16. The van der Waals surface area contributed by atoms with E-state index in [4.69, 9.17) is 0 Å². The molecule has 1 aliphatic heterocycles. The molecule has 1 saturated carbocycles. The van der Waals surface area contributed by atoms with Crippen LogP contribution in [0.25, 0.3) is 0 Å². The topological polar surface area (TPSA) is 15.3 Å². The highest BCUT2D eigenvalue weighted by atomic mass is 15.1. The predicted octanol–water partition coefficient (Wildman–Crippen LogP) is 2.96.